The molecule has 0 amide bonds. The summed E-state index contributed by atoms with van der Waals surface area (Å²) in [5.74, 6) is 0.0572. The average Bonchev–Trinajstić information content (AvgIpc) is 1.92. The third kappa shape index (κ3) is 12.6. The first-order chi connectivity index (χ1) is 7.29. The topological polar surface area (TPSA) is 18.5 Å². The Labute approximate surface area is 111 Å². The van der Waals surface area contributed by atoms with Crippen LogP contribution in [0.5, 0.6) is 0 Å². The molecule has 0 radical (unpaired) electrons. The van der Waals surface area contributed by atoms with E-state index in [-0.39, 0.29) is 26.6 Å². The molecule has 2 nitrogen and oxygen atoms in total. The van der Waals surface area contributed by atoms with Crippen LogP contribution in [0.4, 0.5) is 0 Å². The Balaban J connectivity index is 4.42. The lowest BCUT2D eigenvalue weighted by molar-refractivity contribution is -0.193. The molecule has 0 aliphatic heterocycles. The van der Waals surface area contributed by atoms with E-state index in [4.69, 9.17) is 9.47 Å². The molecule has 0 atom stereocenters. The molecule has 0 aromatic heterocycles. The van der Waals surface area contributed by atoms with Crippen molar-refractivity contribution in [1.29, 1.82) is 0 Å². The van der Waals surface area contributed by atoms with Gasteiger partial charge in [-0.05, 0) is 41.5 Å². The van der Waals surface area contributed by atoms with Gasteiger partial charge in [-0.2, -0.15) is 0 Å². The Kier molecular flexibility index (Phi) is 6.12. The Morgan fingerprint density at radius 1 is 0.882 bits per heavy atom. The molecule has 4 heteroatoms. The highest BCUT2D eigenvalue weighted by Gasteiger charge is 2.26. The van der Waals surface area contributed by atoms with Gasteiger partial charge in [-0.15, -0.1) is 0 Å². The molecule has 104 valence electrons. The third-order valence-electron chi connectivity index (χ3n) is 2.10. The zero-order chi connectivity index (χ0) is 13.9. The van der Waals surface area contributed by atoms with E-state index in [9.17, 15) is 0 Å². The summed E-state index contributed by atoms with van der Waals surface area (Å²) in [5.41, 5.74) is 1.16. The summed E-state index contributed by atoms with van der Waals surface area (Å²) in [6, 6.07) is 0. The molecule has 0 bridgehead atoms. The van der Waals surface area contributed by atoms with Crippen molar-refractivity contribution in [2.24, 2.45) is 0 Å². The highest BCUT2D eigenvalue weighted by molar-refractivity contribution is 6.83. The number of rotatable bonds is 5. The first-order valence-electron chi connectivity index (χ1n) is 6.64. The summed E-state index contributed by atoms with van der Waals surface area (Å²) in [7, 11) is -1.29. The van der Waals surface area contributed by atoms with Crippen LogP contribution in [-0.4, -0.2) is 34.7 Å². The van der Waals surface area contributed by atoms with E-state index in [0.717, 1.165) is 0 Å². The first kappa shape index (κ1) is 17.4. The van der Waals surface area contributed by atoms with Crippen LogP contribution < -0.4 is 0 Å². The molecular formula is C13H32O2Si2. The second kappa shape index (κ2) is 6.00. The molecule has 0 fully saturated rings. The van der Waals surface area contributed by atoms with Crippen molar-refractivity contribution in [3.05, 3.63) is 0 Å². The van der Waals surface area contributed by atoms with Gasteiger partial charge in [-0.3, -0.25) is 0 Å². The fourth-order valence-corrected chi connectivity index (χ4v) is 7.12. The maximum absolute atomic E-state index is 6.07. The number of hydrogen-bond donors (Lipinski definition) is 0. The summed E-state index contributed by atoms with van der Waals surface area (Å²) in [6.45, 7) is 19.9. The van der Waals surface area contributed by atoms with Crippen molar-refractivity contribution in [2.75, 3.05) is 0 Å². The van der Waals surface area contributed by atoms with E-state index >= 15 is 0 Å². The predicted octanol–water partition coefficient (Wildman–Crippen LogP) is 3.36. The lowest BCUT2D eigenvalue weighted by Gasteiger charge is -2.33. The summed E-state index contributed by atoms with van der Waals surface area (Å²) in [4.78, 5) is 0. The minimum absolute atomic E-state index is 0.0572. The second-order valence-electron chi connectivity index (χ2n) is 7.99. The summed E-state index contributed by atoms with van der Waals surface area (Å²) < 4.78 is 12.1. The molecule has 0 rings (SSSR count). The van der Waals surface area contributed by atoms with E-state index in [1.807, 2.05) is 0 Å². The molecular weight excluding hydrogens is 244 g/mol. The van der Waals surface area contributed by atoms with E-state index in [1.54, 1.807) is 0 Å². The monoisotopic (exact) mass is 276 g/mol. The van der Waals surface area contributed by atoms with Crippen molar-refractivity contribution in [3.63, 3.8) is 0 Å². The van der Waals surface area contributed by atoms with E-state index in [1.165, 1.54) is 5.67 Å². The van der Waals surface area contributed by atoms with Crippen LogP contribution in [0.25, 0.3) is 0 Å². The van der Waals surface area contributed by atoms with Crippen LogP contribution >= 0.6 is 0 Å². The van der Waals surface area contributed by atoms with Gasteiger partial charge < -0.3 is 9.47 Å². The first-order valence-corrected chi connectivity index (χ1v) is 12.2. The Morgan fingerprint density at radius 2 is 1.24 bits per heavy atom. The van der Waals surface area contributed by atoms with Gasteiger partial charge >= 0.3 is 0 Å². The van der Waals surface area contributed by atoms with Gasteiger partial charge in [0.15, 0.2) is 0 Å². The third-order valence-corrected chi connectivity index (χ3v) is 10.1. The van der Waals surface area contributed by atoms with Gasteiger partial charge in [0.2, 0.25) is 0 Å². The standard InChI is InChI=1S/C13H32O2Si2/c1-12(2,3)14-11(15-13(4,5)6)16-10-17(7,8)9/h11H,10,16H2,1-9H3. The van der Waals surface area contributed by atoms with E-state index in [0.29, 0.717) is 0 Å². The SMILES string of the molecule is CC(C)(C)OC(OC(C)(C)C)[SiH2]C[Si](C)(C)C. The minimum atomic E-state index is -0.969. The molecule has 0 unspecified atom stereocenters. The minimum Gasteiger partial charge on any atom is -0.352 e. The molecule has 0 N–H and O–H groups in total. The zero-order valence-electron chi connectivity index (χ0n) is 13.3. The van der Waals surface area contributed by atoms with Crippen LogP contribution in [0.3, 0.4) is 0 Å². The van der Waals surface area contributed by atoms with Crippen molar-refractivity contribution in [1.82, 2.24) is 0 Å². The molecule has 0 aromatic carbocycles. The molecule has 0 saturated carbocycles. The summed E-state index contributed by atoms with van der Waals surface area (Å²) in [6.07, 6.45) is 0. The van der Waals surface area contributed by atoms with Gasteiger partial charge in [-0.1, -0.05) is 25.3 Å². The van der Waals surface area contributed by atoms with Crippen LogP contribution in [0.1, 0.15) is 41.5 Å². The smallest absolute Gasteiger partial charge is 0.136 e. The molecule has 0 saturated heterocycles. The average molecular weight is 277 g/mol. The summed E-state index contributed by atoms with van der Waals surface area (Å²) >= 11 is 0. The van der Waals surface area contributed by atoms with Gasteiger partial charge in [0, 0.05) is 8.07 Å². The lowest BCUT2D eigenvalue weighted by atomic mass is 10.2. The second-order valence-corrected chi connectivity index (χ2v) is 16.4. The van der Waals surface area contributed by atoms with Crippen LogP contribution in [-0.2, 0) is 9.47 Å². The highest BCUT2D eigenvalue weighted by Crippen LogP contribution is 2.19. The van der Waals surface area contributed by atoms with Crippen molar-refractivity contribution in [3.8, 4) is 0 Å². The van der Waals surface area contributed by atoms with Crippen LogP contribution in [0.2, 0.25) is 25.3 Å². The number of ether oxygens (including phenoxy) is 2. The van der Waals surface area contributed by atoms with E-state index in [2.05, 4.69) is 61.2 Å². The van der Waals surface area contributed by atoms with E-state index < -0.39 is 8.07 Å². The van der Waals surface area contributed by atoms with Crippen molar-refractivity contribution in [2.45, 2.75) is 84.0 Å². The molecule has 0 spiro atoms. The van der Waals surface area contributed by atoms with Gasteiger partial charge in [0.05, 0.1) is 20.7 Å². The molecule has 0 heterocycles. The van der Waals surface area contributed by atoms with Gasteiger partial charge in [0.1, 0.15) is 5.91 Å². The Bertz CT molecular complexity index is 205. The predicted molar refractivity (Wildman–Crippen MR) is 82.2 cm³/mol. The van der Waals surface area contributed by atoms with Crippen molar-refractivity contribution >= 4 is 17.6 Å². The maximum Gasteiger partial charge on any atom is 0.136 e. The van der Waals surface area contributed by atoms with Gasteiger partial charge in [-0.25, -0.2) is 0 Å². The summed E-state index contributed by atoms with van der Waals surface area (Å²) in [5, 5.41) is 0. The largest absolute Gasteiger partial charge is 0.352 e. The van der Waals surface area contributed by atoms with Gasteiger partial charge in [0.25, 0.3) is 0 Å². The Hall–Kier alpha value is 0.354. The zero-order valence-corrected chi connectivity index (χ0v) is 15.7. The van der Waals surface area contributed by atoms with Crippen LogP contribution in [0.15, 0.2) is 0 Å². The highest BCUT2D eigenvalue weighted by atomic mass is 28.4. The fraction of sp³-hybridized carbons (Fsp3) is 1.00. The quantitative estimate of drug-likeness (QED) is 0.566. The fourth-order valence-electron chi connectivity index (χ4n) is 1.48. The molecule has 0 aliphatic carbocycles. The molecule has 0 aromatic rings. The molecule has 17 heavy (non-hydrogen) atoms. The Morgan fingerprint density at radius 3 is 1.47 bits per heavy atom. The maximum atomic E-state index is 6.07. The molecule has 0 aliphatic rings. The van der Waals surface area contributed by atoms with Crippen LogP contribution in [0, 0.1) is 0 Å². The normalized spacial score (nSPS) is 15.2. The number of hydrogen-bond acceptors (Lipinski definition) is 2. The van der Waals surface area contributed by atoms with Crippen molar-refractivity contribution < 1.29 is 9.47 Å². The lowest BCUT2D eigenvalue weighted by Crippen LogP contribution is -2.41.